The highest BCUT2D eigenvalue weighted by Gasteiger charge is 2.07. The number of rotatable bonds is 6. The summed E-state index contributed by atoms with van der Waals surface area (Å²) in [4.78, 5) is 14.0. The molecule has 0 heterocycles. The molecule has 0 aromatic heterocycles. The first-order valence-corrected chi connectivity index (χ1v) is 10.1. The molecule has 1 aliphatic carbocycles. The minimum absolute atomic E-state index is 0.275. The molecular weight excluding hydrogens is 348 g/mol. The summed E-state index contributed by atoms with van der Waals surface area (Å²) in [6.07, 6.45) is 8.86. The maximum absolute atomic E-state index is 11.9. The summed E-state index contributed by atoms with van der Waals surface area (Å²) in [5, 5.41) is -0.275. The highest BCUT2D eigenvalue weighted by Crippen LogP contribution is 2.27. The normalized spacial score (nSPS) is 13.4. The van der Waals surface area contributed by atoms with Gasteiger partial charge in [0.1, 0.15) is 6.61 Å². The molecule has 2 nitrogen and oxygen atoms in total. The van der Waals surface area contributed by atoms with E-state index in [-0.39, 0.29) is 5.30 Å². The number of ether oxygens (including phenoxy) is 1. The summed E-state index contributed by atoms with van der Waals surface area (Å²) in [5.74, 6) is 1.02. The Kier molecular flexibility index (Phi) is 6.83. The average Bonchev–Trinajstić information content (AvgIpc) is 2.67. The Morgan fingerprint density at radius 2 is 1.76 bits per heavy atom. The first-order chi connectivity index (χ1) is 12.3. The standard InChI is InChI=1S/C21H20O2S2/c22-21(23-15-17-7-3-1-4-8-17)25-20-13-11-19(12-14-20)24-16-18-9-5-2-6-10-18/h1-5,7-9,11-14H,6,10,15-16H2. The van der Waals surface area contributed by atoms with Crippen molar-refractivity contribution >= 4 is 28.8 Å². The van der Waals surface area contributed by atoms with Crippen molar-refractivity contribution in [3.63, 3.8) is 0 Å². The molecule has 0 radical (unpaired) electrons. The summed E-state index contributed by atoms with van der Waals surface area (Å²) in [6, 6.07) is 17.8. The zero-order valence-electron chi connectivity index (χ0n) is 13.9. The molecule has 2 aromatic rings. The SMILES string of the molecule is O=C(OCc1ccccc1)Sc1ccc(SCC2=CC=CCC2)cc1. The fraction of sp³-hybridized carbons (Fsp3) is 0.190. The molecular formula is C21H20O2S2. The molecule has 0 aliphatic heterocycles. The molecule has 0 saturated heterocycles. The van der Waals surface area contributed by atoms with Crippen LogP contribution in [0.25, 0.3) is 0 Å². The van der Waals surface area contributed by atoms with Crippen molar-refractivity contribution in [2.45, 2.75) is 29.2 Å². The third kappa shape index (κ3) is 6.15. The number of allylic oxidation sites excluding steroid dienone is 3. The molecule has 0 N–H and O–H groups in total. The van der Waals surface area contributed by atoms with E-state index in [1.165, 1.54) is 10.5 Å². The number of carbonyl (C=O) groups is 1. The zero-order valence-corrected chi connectivity index (χ0v) is 15.5. The van der Waals surface area contributed by atoms with Gasteiger partial charge in [0.05, 0.1) is 0 Å². The van der Waals surface area contributed by atoms with E-state index < -0.39 is 0 Å². The van der Waals surface area contributed by atoms with Crippen LogP contribution in [0.1, 0.15) is 18.4 Å². The summed E-state index contributed by atoms with van der Waals surface area (Å²) in [6.45, 7) is 0.310. The van der Waals surface area contributed by atoms with Gasteiger partial charge >= 0.3 is 5.30 Å². The van der Waals surface area contributed by atoms with Crippen molar-refractivity contribution < 1.29 is 9.53 Å². The van der Waals surface area contributed by atoms with Gasteiger partial charge in [-0.15, -0.1) is 11.8 Å². The van der Waals surface area contributed by atoms with Gasteiger partial charge in [-0.1, -0.05) is 54.1 Å². The first kappa shape index (κ1) is 17.9. The van der Waals surface area contributed by atoms with Gasteiger partial charge in [0.15, 0.2) is 0 Å². The molecule has 0 fully saturated rings. The molecule has 0 amide bonds. The fourth-order valence-corrected chi connectivity index (χ4v) is 3.90. The smallest absolute Gasteiger partial charge is 0.372 e. The van der Waals surface area contributed by atoms with Gasteiger partial charge in [-0.3, -0.25) is 0 Å². The van der Waals surface area contributed by atoms with Gasteiger partial charge in [-0.05, 0) is 54.4 Å². The Balaban J connectivity index is 1.44. The molecule has 4 heteroatoms. The highest BCUT2D eigenvalue weighted by atomic mass is 32.2. The predicted octanol–water partition coefficient (Wildman–Crippen LogP) is 6.48. The van der Waals surface area contributed by atoms with Crippen LogP contribution >= 0.6 is 23.5 Å². The van der Waals surface area contributed by atoms with Crippen LogP contribution in [0.2, 0.25) is 0 Å². The number of hydrogen-bond acceptors (Lipinski definition) is 4. The van der Waals surface area contributed by atoms with E-state index in [2.05, 4.69) is 30.4 Å². The summed E-state index contributed by atoms with van der Waals surface area (Å²) < 4.78 is 5.29. The molecule has 0 bridgehead atoms. The topological polar surface area (TPSA) is 26.3 Å². The van der Waals surface area contributed by atoms with Crippen molar-refractivity contribution in [2.75, 3.05) is 5.75 Å². The van der Waals surface area contributed by atoms with Crippen LogP contribution < -0.4 is 0 Å². The first-order valence-electron chi connectivity index (χ1n) is 8.25. The fourth-order valence-electron chi connectivity index (χ4n) is 2.39. The Morgan fingerprint density at radius 1 is 1.00 bits per heavy atom. The molecule has 2 aromatic carbocycles. The van der Waals surface area contributed by atoms with E-state index in [0.29, 0.717) is 6.61 Å². The van der Waals surface area contributed by atoms with E-state index in [1.54, 1.807) is 0 Å². The van der Waals surface area contributed by atoms with Crippen molar-refractivity contribution in [2.24, 2.45) is 0 Å². The summed E-state index contributed by atoms with van der Waals surface area (Å²) in [7, 11) is 0. The van der Waals surface area contributed by atoms with Crippen molar-refractivity contribution in [1.82, 2.24) is 0 Å². The Bertz CT molecular complexity index is 749. The number of benzene rings is 2. The third-order valence-electron chi connectivity index (χ3n) is 3.75. The van der Waals surface area contributed by atoms with E-state index in [1.807, 2.05) is 54.2 Å². The summed E-state index contributed by atoms with van der Waals surface area (Å²) >= 11 is 2.96. The molecule has 0 saturated carbocycles. The molecule has 0 unspecified atom stereocenters. The predicted molar refractivity (Wildman–Crippen MR) is 106 cm³/mol. The molecule has 3 rings (SSSR count). The number of thioether (sulfide) groups is 2. The molecule has 128 valence electrons. The van der Waals surface area contributed by atoms with Gasteiger partial charge in [0.2, 0.25) is 0 Å². The maximum Gasteiger partial charge on any atom is 0.372 e. The van der Waals surface area contributed by atoms with E-state index in [0.717, 1.165) is 40.8 Å². The second kappa shape index (κ2) is 9.54. The van der Waals surface area contributed by atoms with Crippen LogP contribution in [0.3, 0.4) is 0 Å². The van der Waals surface area contributed by atoms with Crippen molar-refractivity contribution in [3.05, 3.63) is 84.0 Å². The maximum atomic E-state index is 11.9. The Labute approximate surface area is 157 Å². The molecule has 0 spiro atoms. The average molecular weight is 369 g/mol. The van der Waals surface area contributed by atoms with Crippen molar-refractivity contribution in [3.8, 4) is 0 Å². The largest absolute Gasteiger partial charge is 0.452 e. The van der Waals surface area contributed by atoms with Gasteiger partial charge in [0, 0.05) is 15.5 Å². The second-order valence-corrected chi connectivity index (χ2v) is 7.74. The molecule has 1 aliphatic rings. The van der Waals surface area contributed by atoms with Gasteiger partial charge < -0.3 is 4.74 Å². The quantitative estimate of drug-likeness (QED) is 0.430. The lowest BCUT2D eigenvalue weighted by atomic mass is 10.1. The van der Waals surface area contributed by atoms with Crippen LogP contribution in [0.15, 0.2) is 88.2 Å². The Morgan fingerprint density at radius 3 is 2.48 bits per heavy atom. The van der Waals surface area contributed by atoms with E-state index >= 15 is 0 Å². The monoisotopic (exact) mass is 368 g/mol. The minimum atomic E-state index is -0.275. The van der Waals surface area contributed by atoms with Gasteiger partial charge in [-0.25, -0.2) is 4.79 Å². The Hall–Kier alpha value is -1.91. The minimum Gasteiger partial charge on any atom is -0.452 e. The van der Waals surface area contributed by atoms with Crippen LogP contribution in [0, 0.1) is 0 Å². The number of carbonyl (C=O) groups excluding carboxylic acids is 1. The molecule has 25 heavy (non-hydrogen) atoms. The lowest BCUT2D eigenvalue weighted by molar-refractivity contribution is 0.168. The lowest BCUT2D eigenvalue weighted by Gasteiger charge is -2.09. The van der Waals surface area contributed by atoms with Gasteiger partial charge in [-0.2, -0.15) is 0 Å². The van der Waals surface area contributed by atoms with Gasteiger partial charge in [0.25, 0.3) is 0 Å². The second-order valence-electron chi connectivity index (χ2n) is 5.68. The van der Waals surface area contributed by atoms with Crippen molar-refractivity contribution in [1.29, 1.82) is 0 Å². The number of hydrogen-bond donors (Lipinski definition) is 0. The lowest BCUT2D eigenvalue weighted by Crippen LogP contribution is -1.97. The van der Waals surface area contributed by atoms with Crippen LogP contribution in [0.4, 0.5) is 4.79 Å². The summed E-state index contributed by atoms with van der Waals surface area (Å²) in [5.41, 5.74) is 2.48. The van der Waals surface area contributed by atoms with Crippen LogP contribution in [0.5, 0.6) is 0 Å². The van der Waals surface area contributed by atoms with E-state index in [9.17, 15) is 4.79 Å². The van der Waals surface area contributed by atoms with E-state index in [4.69, 9.17) is 4.74 Å². The molecule has 0 atom stereocenters. The third-order valence-corrected chi connectivity index (χ3v) is 5.66. The van der Waals surface area contributed by atoms with Crippen LogP contribution in [-0.2, 0) is 11.3 Å². The van der Waals surface area contributed by atoms with Crippen LogP contribution in [-0.4, -0.2) is 11.1 Å². The highest BCUT2D eigenvalue weighted by molar-refractivity contribution is 8.13. The zero-order chi connectivity index (χ0) is 17.3.